The van der Waals surface area contributed by atoms with E-state index in [0.29, 0.717) is 35.8 Å². The highest BCUT2D eigenvalue weighted by atomic mass is 19.1. The van der Waals surface area contributed by atoms with Gasteiger partial charge in [-0.2, -0.15) is 5.10 Å². The maximum atomic E-state index is 14.2. The number of hydrogen-bond acceptors (Lipinski definition) is 6. The molecule has 0 radical (unpaired) electrons. The van der Waals surface area contributed by atoms with Crippen LogP contribution >= 0.6 is 0 Å². The van der Waals surface area contributed by atoms with Crippen LogP contribution in [-0.2, 0) is 0 Å². The lowest BCUT2D eigenvalue weighted by molar-refractivity contribution is 0.100. The molecule has 9 heteroatoms. The summed E-state index contributed by atoms with van der Waals surface area (Å²) in [6.07, 6.45) is 12.4. The summed E-state index contributed by atoms with van der Waals surface area (Å²) in [5.74, 6) is 0.363. The zero-order valence-electron chi connectivity index (χ0n) is 20.0. The van der Waals surface area contributed by atoms with Gasteiger partial charge in [0.05, 0.1) is 29.0 Å². The summed E-state index contributed by atoms with van der Waals surface area (Å²) in [5, 5.41) is 15.4. The molecular weight excluding hydrogens is 447 g/mol. The molecule has 1 amide bonds. The van der Waals surface area contributed by atoms with Crippen LogP contribution in [-0.4, -0.2) is 37.9 Å². The highest BCUT2D eigenvalue weighted by molar-refractivity contribution is 6.02. The summed E-state index contributed by atoms with van der Waals surface area (Å²) in [5.41, 5.74) is 9.66. The Morgan fingerprint density at radius 1 is 1.14 bits per heavy atom. The van der Waals surface area contributed by atoms with Gasteiger partial charge in [-0.25, -0.2) is 8.91 Å². The van der Waals surface area contributed by atoms with Crippen molar-refractivity contribution < 1.29 is 13.6 Å². The number of alkyl halides is 1. The first kappa shape index (κ1) is 25.4. The lowest BCUT2D eigenvalue weighted by atomic mass is 10.1. The van der Waals surface area contributed by atoms with Crippen molar-refractivity contribution in [2.75, 3.05) is 5.32 Å². The minimum atomic E-state index is -0.954. The molecule has 0 aliphatic heterocycles. The van der Waals surface area contributed by atoms with Crippen LogP contribution in [0, 0.1) is 19.8 Å². The number of nitrogens with one attached hydrogen (secondary N) is 1. The quantitative estimate of drug-likeness (QED) is 0.391. The fraction of sp³-hybridized carbons (Fsp3) is 0.308. The third kappa shape index (κ3) is 5.32. The SMILES string of the molecule is C#C.CC.Cc1nnc(-c2ccc(-c3cc4c(N[C@@H]5CCC[C@@H]5F)c(C(N)=O)cnn4c3)cc2)o1. The Labute approximate surface area is 203 Å². The van der Waals surface area contributed by atoms with Crippen LogP contribution in [0.15, 0.2) is 47.1 Å². The van der Waals surface area contributed by atoms with Crippen LogP contribution < -0.4 is 11.1 Å². The molecule has 0 saturated heterocycles. The van der Waals surface area contributed by atoms with Gasteiger partial charge in [0.25, 0.3) is 5.91 Å². The number of aryl methyl sites for hydroxylation is 1. The summed E-state index contributed by atoms with van der Waals surface area (Å²) >= 11 is 0. The van der Waals surface area contributed by atoms with Crippen molar-refractivity contribution in [2.24, 2.45) is 5.73 Å². The van der Waals surface area contributed by atoms with Gasteiger partial charge in [-0.15, -0.1) is 23.0 Å². The Morgan fingerprint density at radius 2 is 1.83 bits per heavy atom. The van der Waals surface area contributed by atoms with Gasteiger partial charge in [0.2, 0.25) is 11.8 Å². The lowest BCUT2D eigenvalue weighted by Gasteiger charge is -2.19. The first-order valence-corrected chi connectivity index (χ1v) is 11.5. The van der Waals surface area contributed by atoms with Crippen LogP contribution in [0.3, 0.4) is 0 Å². The van der Waals surface area contributed by atoms with Gasteiger partial charge >= 0.3 is 0 Å². The number of terminal acetylenes is 1. The van der Waals surface area contributed by atoms with Gasteiger partial charge in [-0.1, -0.05) is 26.0 Å². The van der Waals surface area contributed by atoms with Gasteiger partial charge in [0, 0.05) is 24.2 Å². The number of nitrogens with zero attached hydrogens (tertiary/aromatic N) is 4. The number of carbonyl (C=O) groups is 1. The molecule has 1 aromatic carbocycles. The average molecular weight is 477 g/mol. The Hall–Kier alpha value is -4.19. The summed E-state index contributed by atoms with van der Waals surface area (Å²) < 4.78 is 21.4. The second kappa shape index (κ2) is 11.3. The third-order valence-electron chi connectivity index (χ3n) is 5.66. The predicted octanol–water partition coefficient (Wildman–Crippen LogP) is 5.04. The summed E-state index contributed by atoms with van der Waals surface area (Å²) in [6.45, 7) is 5.74. The van der Waals surface area contributed by atoms with E-state index in [1.165, 1.54) is 6.20 Å². The number of anilines is 1. The standard InChI is InChI=1S/C22H21FN6O2.C2H6.C2H2/c1-12-27-28-22(31-12)14-7-5-13(6-8-14)15-9-19-20(26-18-4-2-3-17(18)23)16(21(24)30)10-25-29(19)11-15;2*1-2/h5-11,17-18,26H,2-4H2,1H3,(H2,24,30);1-2H3;1-2H/t17-,18+;;/m0../s1. The molecule has 0 spiro atoms. The van der Waals surface area contributed by atoms with Crippen molar-refractivity contribution in [2.45, 2.75) is 52.2 Å². The molecule has 8 nitrogen and oxygen atoms in total. The zero-order chi connectivity index (χ0) is 25.5. The largest absolute Gasteiger partial charge is 0.421 e. The monoisotopic (exact) mass is 476 g/mol. The van der Waals surface area contributed by atoms with Crippen LogP contribution in [0.25, 0.3) is 28.1 Å². The number of aromatic nitrogens is 4. The molecule has 1 aliphatic rings. The van der Waals surface area contributed by atoms with E-state index in [2.05, 4.69) is 33.5 Å². The van der Waals surface area contributed by atoms with E-state index in [0.717, 1.165) is 23.1 Å². The maximum Gasteiger partial charge on any atom is 0.252 e. The topological polar surface area (TPSA) is 111 Å². The number of benzene rings is 1. The second-order valence-electron chi connectivity index (χ2n) is 7.76. The van der Waals surface area contributed by atoms with E-state index in [-0.39, 0.29) is 11.6 Å². The van der Waals surface area contributed by atoms with Gasteiger partial charge in [0.15, 0.2) is 0 Å². The number of carbonyl (C=O) groups excluding carboxylic acids is 1. The molecule has 35 heavy (non-hydrogen) atoms. The lowest BCUT2D eigenvalue weighted by Crippen LogP contribution is -2.27. The molecule has 1 saturated carbocycles. The van der Waals surface area contributed by atoms with Gasteiger partial charge in [-0.3, -0.25) is 4.79 Å². The van der Waals surface area contributed by atoms with Gasteiger partial charge in [0.1, 0.15) is 6.17 Å². The number of halogens is 1. The number of rotatable bonds is 5. The van der Waals surface area contributed by atoms with Crippen molar-refractivity contribution in [3.05, 3.63) is 54.2 Å². The van der Waals surface area contributed by atoms with E-state index in [4.69, 9.17) is 10.2 Å². The molecule has 3 aromatic heterocycles. The molecule has 4 aromatic rings. The molecule has 5 rings (SSSR count). The first-order valence-electron chi connectivity index (χ1n) is 11.5. The molecule has 1 aliphatic carbocycles. The Bertz CT molecular complexity index is 1310. The van der Waals surface area contributed by atoms with Crippen LogP contribution in [0.1, 0.15) is 49.4 Å². The highest BCUT2D eigenvalue weighted by Gasteiger charge is 2.29. The van der Waals surface area contributed by atoms with Crippen LogP contribution in [0.2, 0.25) is 0 Å². The molecule has 1 fully saturated rings. The Morgan fingerprint density at radius 3 is 2.40 bits per heavy atom. The smallest absolute Gasteiger partial charge is 0.252 e. The minimum Gasteiger partial charge on any atom is -0.421 e. The Balaban J connectivity index is 0.000000815. The van der Waals surface area contributed by atoms with Crippen LogP contribution in [0.5, 0.6) is 0 Å². The van der Waals surface area contributed by atoms with Crippen LogP contribution in [0.4, 0.5) is 10.1 Å². The molecule has 3 N–H and O–H groups in total. The van der Waals surface area contributed by atoms with Crippen molar-refractivity contribution in [3.63, 3.8) is 0 Å². The van der Waals surface area contributed by atoms with Crippen molar-refractivity contribution in [1.29, 1.82) is 0 Å². The molecule has 2 atom stereocenters. The van der Waals surface area contributed by atoms with E-state index in [9.17, 15) is 9.18 Å². The average Bonchev–Trinajstić information content (AvgIpc) is 3.62. The van der Waals surface area contributed by atoms with E-state index in [1.54, 1.807) is 11.4 Å². The van der Waals surface area contributed by atoms with E-state index in [1.807, 2.05) is 50.4 Å². The van der Waals surface area contributed by atoms with E-state index < -0.39 is 12.1 Å². The minimum absolute atomic E-state index is 0.248. The zero-order valence-corrected chi connectivity index (χ0v) is 20.0. The fourth-order valence-electron chi connectivity index (χ4n) is 4.03. The number of amides is 1. The third-order valence-corrected chi connectivity index (χ3v) is 5.66. The molecule has 182 valence electrons. The Kier molecular flexibility index (Phi) is 8.21. The fourth-order valence-corrected chi connectivity index (χ4v) is 4.03. The number of nitrogens with two attached hydrogens (primary N) is 1. The second-order valence-corrected chi connectivity index (χ2v) is 7.76. The van der Waals surface area contributed by atoms with Crippen molar-refractivity contribution >= 4 is 17.1 Å². The first-order chi connectivity index (χ1) is 17.0. The van der Waals surface area contributed by atoms with Crippen molar-refractivity contribution in [3.8, 4) is 35.4 Å². The van der Waals surface area contributed by atoms with E-state index >= 15 is 0 Å². The normalized spacial score (nSPS) is 16.6. The number of fused-ring (bicyclic) bond motifs is 1. The van der Waals surface area contributed by atoms with Gasteiger partial charge in [-0.05, 0) is 43.0 Å². The maximum absolute atomic E-state index is 14.2. The highest BCUT2D eigenvalue weighted by Crippen LogP contribution is 2.32. The number of primary amides is 1. The predicted molar refractivity (Wildman–Crippen MR) is 135 cm³/mol. The summed E-state index contributed by atoms with van der Waals surface area (Å²) in [4.78, 5) is 12.0. The summed E-state index contributed by atoms with van der Waals surface area (Å²) in [6, 6.07) is 9.26. The molecular formula is C26H29FN6O2. The molecule has 0 bridgehead atoms. The molecule has 3 heterocycles. The summed E-state index contributed by atoms with van der Waals surface area (Å²) in [7, 11) is 0. The number of hydrogen-bond donors (Lipinski definition) is 2. The van der Waals surface area contributed by atoms with Crippen molar-refractivity contribution in [1.82, 2.24) is 19.8 Å². The van der Waals surface area contributed by atoms with Gasteiger partial charge < -0.3 is 15.5 Å². The molecule has 0 unspecified atom stereocenters.